The Hall–Kier alpha value is -1.98. The van der Waals surface area contributed by atoms with Gasteiger partial charge in [-0.3, -0.25) is 9.69 Å². The summed E-state index contributed by atoms with van der Waals surface area (Å²) in [5, 5.41) is 10.4. The van der Waals surface area contributed by atoms with E-state index in [1.165, 1.54) is 0 Å². The summed E-state index contributed by atoms with van der Waals surface area (Å²) in [5.74, 6) is 0.332. The second kappa shape index (κ2) is 6.63. The molecule has 0 spiro atoms. The Morgan fingerprint density at radius 2 is 2.00 bits per heavy atom. The van der Waals surface area contributed by atoms with Crippen LogP contribution in [0.1, 0.15) is 37.3 Å². The third kappa shape index (κ3) is 2.61. The highest BCUT2D eigenvalue weighted by Crippen LogP contribution is 2.43. The number of benzene rings is 1. The van der Waals surface area contributed by atoms with Crippen LogP contribution in [-0.2, 0) is 16.9 Å². The second-order valence-electron chi connectivity index (χ2n) is 7.36. The number of hydrogen-bond donors (Lipinski definition) is 1. The number of nitrogens with zero attached hydrogens (tertiary/aromatic N) is 2. The molecule has 1 aromatic carbocycles. The Kier molecular flexibility index (Phi) is 4.45. The number of likely N-dealkylation sites (tertiary alicyclic amines) is 1. The lowest BCUT2D eigenvalue weighted by molar-refractivity contribution is -0.143. The van der Waals surface area contributed by atoms with Crippen molar-refractivity contribution in [3.63, 3.8) is 0 Å². The van der Waals surface area contributed by atoms with Gasteiger partial charge in [-0.2, -0.15) is 0 Å². The second-order valence-corrected chi connectivity index (χ2v) is 7.85. The maximum atomic E-state index is 13.5. The molecular formula is C21H24N2O2S. The van der Waals surface area contributed by atoms with E-state index < -0.39 is 5.66 Å². The minimum Gasteiger partial charge on any atom is -0.508 e. The summed E-state index contributed by atoms with van der Waals surface area (Å²) in [7, 11) is 0. The van der Waals surface area contributed by atoms with Crippen molar-refractivity contribution in [3.05, 3.63) is 53.1 Å². The molecule has 2 heterocycles. The van der Waals surface area contributed by atoms with Crippen LogP contribution in [0.2, 0.25) is 0 Å². The first-order valence-electron chi connectivity index (χ1n) is 9.32. The molecular weight excluding hydrogens is 344 g/mol. The predicted molar refractivity (Wildman–Crippen MR) is 106 cm³/mol. The van der Waals surface area contributed by atoms with Crippen molar-refractivity contribution in [2.24, 2.45) is 0 Å². The zero-order chi connectivity index (χ0) is 18.3. The average Bonchev–Trinajstić information content (AvgIpc) is 3.18. The molecule has 1 atom stereocenters. The number of amides is 1. The van der Waals surface area contributed by atoms with Gasteiger partial charge in [-0.1, -0.05) is 36.5 Å². The number of carbonyl (C=O) groups excluding carboxylic acids is 1. The quantitative estimate of drug-likeness (QED) is 0.814. The van der Waals surface area contributed by atoms with E-state index in [0.717, 1.165) is 37.1 Å². The van der Waals surface area contributed by atoms with Crippen molar-refractivity contribution >= 4 is 23.0 Å². The summed E-state index contributed by atoms with van der Waals surface area (Å²) in [5.41, 5.74) is 2.08. The molecule has 1 N–H and O–H groups in total. The Morgan fingerprint density at radius 1 is 1.23 bits per heavy atom. The third-order valence-corrected chi connectivity index (χ3v) is 6.36. The summed E-state index contributed by atoms with van der Waals surface area (Å²) in [6.45, 7) is 4.62. The lowest BCUT2D eigenvalue weighted by Gasteiger charge is -2.51. The van der Waals surface area contributed by atoms with Crippen LogP contribution in [0.15, 0.2) is 42.0 Å². The van der Waals surface area contributed by atoms with Gasteiger partial charge in [0.25, 0.3) is 5.91 Å². The number of hydrogen-bond acceptors (Lipinski definition) is 4. The highest BCUT2D eigenvalue weighted by molar-refractivity contribution is 7.81. The van der Waals surface area contributed by atoms with Crippen LogP contribution in [0, 0.1) is 0 Å². The summed E-state index contributed by atoms with van der Waals surface area (Å²) in [6.07, 6.45) is 9.33. The lowest BCUT2D eigenvalue weighted by atomic mass is 9.85. The van der Waals surface area contributed by atoms with Gasteiger partial charge in [0.05, 0.1) is 5.57 Å². The van der Waals surface area contributed by atoms with Gasteiger partial charge in [0.15, 0.2) is 0 Å². The molecule has 136 valence electrons. The fourth-order valence-electron chi connectivity index (χ4n) is 4.54. The number of allylic oxidation sites excluding steroid dienone is 3. The summed E-state index contributed by atoms with van der Waals surface area (Å²) in [4.78, 5) is 18.5. The molecule has 0 bridgehead atoms. The average molecular weight is 369 g/mol. The Morgan fingerprint density at radius 3 is 2.73 bits per heavy atom. The number of thiocarbonyl (C=S) groups is 1. The van der Waals surface area contributed by atoms with Gasteiger partial charge < -0.3 is 10.0 Å². The van der Waals surface area contributed by atoms with E-state index in [1.807, 2.05) is 29.2 Å². The molecule has 0 saturated carbocycles. The largest absolute Gasteiger partial charge is 0.508 e. The van der Waals surface area contributed by atoms with Gasteiger partial charge in [0, 0.05) is 36.5 Å². The molecule has 3 aliphatic rings. The topological polar surface area (TPSA) is 43.8 Å². The highest BCUT2D eigenvalue weighted by atomic mass is 32.1. The number of fused-ring (bicyclic) bond motifs is 1. The van der Waals surface area contributed by atoms with Crippen LogP contribution in [0.5, 0.6) is 5.75 Å². The lowest BCUT2D eigenvalue weighted by Crippen LogP contribution is -2.60. The number of phenolic OH excluding ortho intramolecular Hbond substituents is 1. The fraction of sp³-hybridized carbons (Fsp3) is 0.429. The first-order valence-corrected chi connectivity index (χ1v) is 9.72. The van der Waals surface area contributed by atoms with E-state index in [9.17, 15) is 9.90 Å². The molecule has 2 aliphatic heterocycles. The van der Waals surface area contributed by atoms with Crippen molar-refractivity contribution in [3.8, 4) is 5.75 Å². The third-order valence-electron chi connectivity index (χ3n) is 5.97. The number of aromatic hydroxyl groups is 1. The van der Waals surface area contributed by atoms with Crippen molar-refractivity contribution < 1.29 is 9.90 Å². The van der Waals surface area contributed by atoms with Crippen LogP contribution >= 0.6 is 12.2 Å². The van der Waals surface area contributed by atoms with E-state index in [2.05, 4.69) is 17.9 Å². The summed E-state index contributed by atoms with van der Waals surface area (Å²) >= 11 is 5.46. The normalized spacial score (nSPS) is 26.0. The molecule has 5 heteroatoms. The highest BCUT2D eigenvalue weighted by Gasteiger charge is 2.47. The Bertz CT molecular complexity index is 823. The van der Waals surface area contributed by atoms with Crippen LogP contribution in [0.4, 0.5) is 0 Å². The van der Waals surface area contributed by atoms with Crippen molar-refractivity contribution in [2.45, 2.75) is 38.3 Å². The van der Waals surface area contributed by atoms with E-state index in [4.69, 9.17) is 12.2 Å². The molecule has 1 aromatic rings. The van der Waals surface area contributed by atoms with Gasteiger partial charge in [0.2, 0.25) is 0 Å². The van der Waals surface area contributed by atoms with Gasteiger partial charge in [-0.25, -0.2) is 0 Å². The first kappa shape index (κ1) is 17.4. The zero-order valence-electron chi connectivity index (χ0n) is 15.1. The number of carbonyl (C=O) groups is 1. The molecule has 1 saturated heterocycles. The molecule has 1 fully saturated rings. The predicted octanol–water partition coefficient (Wildman–Crippen LogP) is 3.30. The van der Waals surface area contributed by atoms with E-state index in [-0.39, 0.29) is 5.91 Å². The molecule has 4 nitrogen and oxygen atoms in total. The van der Waals surface area contributed by atoms with E-state index in [0.29, 0.717) is 35.6 Å². The molecule has 0 aromatic heterocycles. The minimum atomic E-state index is -0.558. The maximum Gasteiger partial charge on any atom is 0.256 e. The Labute approximate surface area is 159 Å². The summed E-state index contributed by atoms with van der Waals surface area (Å²) < 4.78 is 0. The number of rotatable bonds is 2. The van der Waals surface area contributed by atoms with E-state index >= 15 is 0 Å². The molecule has 0 radical (unpaired) electrons. The van der Waals surface area contributed by atoms with Gasteiger partial charge in [-0.05, 0) is 43.9 Å². The van der Waals surface area contributed by atoms with Crippen LogP contribution < -0.4 is 0 Å². The molecule has 1 aliphatic carbocycles. The van der Waals surface area contributed by atoms with Crippen molar-refractivity contribution in [2.75, 3.05) is 19.6 Å². The van der Waals surface area contributed by atoms with Gasteiger partial charge in [0.1, 0.15) is 11.4 Å². The molecule has 1 amide bonds. The smallest absolute Gasteiger partial charge is 0.256 e. The standard InChI is InChI=1S/C21H24N2O2S/c1-21(22-12-4-5-13-22)17-8-6-9-18(24)15(17)11-14-23(21)20(25)16-7-2-3-10-19(16)26/h2-3,6-9,24H,4-5,10-14H2,1H3. The Balaban J connectivity index is 1.81. The monoisotopic (exact) mass is 368 g/mol. The zero-order valence-corrected chi connectivity index (χ0v) is 15.9. The van der Waals surface area contributed by atoms with Crippen LogP contribution in [0.25, 0.3) is 0 Å². The number of phenols is 1. The van der Waals surface area contributed by atoms with Crippen molar-refractivity contribution in [1.29, 1.82) is 0 Å². The fourth-order valence-corrected chi connectivity index (χ4v) is 4.79. The minimum absolute atomic E-state index is 0.00254. The van der Waals surface area contributed by atoms with Gasteiger partial charge in [-0.15, -0.1) is 0 Å². The van der Waals surface area contributed by atoms with Crippen LogP contribution in [0.3, 0.4) is 0 Å². The van der Waals surface area contributed by atoms with Gasteiger partial charge >= 0.3 is 0 Å². The molecule has 26 heavy (non-hydrogen) atoms. The maximum absolute atomic E-state index is 13.5. The van der Waals surface area contributed by atoms with Crippen LogP contribution in [-0.4, -0.2) is 45.3 Å². The molecule has 4 rings (SSSR count). The van der Waals surface area contributed by atoms with Crippen molar-refractivity contribution in [1.82, 2.24) is 9.80 Å². The van der Waals surface area contributed by atoms with E-state index in [1.54, 1.807) is 6.07 Å². The first-order chi connectivity index (χ1) is 12.5. The molecule has 1 unspecified atom stereocenters. The summed E-state index contributed by atoms with van der Waals surface area (Å²) in [6, 6.07) is 5.67. The SMILES string of the molecule is CC1(N2CCCC2)c2cccc(O)c2CCN1C(=O)C1=CC=CCC1=S.